The van der Waals surface area contributed by atoms with Crippen LogP contribution in [0.4, 0.5) is 10.1 Å². The Kier molecular flexibility index (Phi) is 5.95. The third kappa shape index (κ3) is 3.93. The lowest BCUT2D eigenvalue weighted by Crippen LogP contribution is -2.56. The minimum Gasteiger partial charge on any atom is -0.498 e. The summed E-state index contributed by atoms with van der Waals surface area (Å²) >= 11 is 0. The number of amidine groups is 1. The van der Waals surface area contributed by atoms with Crippen LogP contribution in [0.15, 0.2) is 65.0 Å². The van der Waals surface area contributed by atoms with Crippen LogP contribution in [0.1, 0.15) is 11.1 Å². The lowest BCUT2D eigenvalue weighted by molar-refractivity contribution is -0.754. The van der Waals surface area contributed by atoms with Gasteiger partial charge >= 0.3 is 11.9 Å². The number of aliphatic imine (C=N–C) groups is 1. The minimum absolute atomic E-state index is 0.00321. The van der Waals surface area contributed by atoms with Crippen LogP contribution in [0.25, 0.3) is 0 Å². The van der Waals surface area contributed by atoms with Gasteiger partial charge in [0, 0.05) is 17.8 Å². The molecule has 0 radical (unpaired) electrons. The van der Waals surface area contributed by atoms with Crippen LogP contribution in [0.3, 0.4) is 0 Å². The number of aliphatic hydroxyl groups is 2. The number of likely N-dealkylation sites (N-methyl/N-ethyl adjacent to an activating group) is 1. The molecule has 0 spiro atoms. The number of carboxylic acid groups (broad SMARTS) is 1. The molecule has 0 bridgehead atoms. The van der Waals surface area contributed by atoms with Crippen LogP contribution < -0.4 is 5.32 Å². The Hall–Kier alpha value is -3.56. The Balaban J connectivity index is 2.18. The summed E-state index contributed by atoms with van der Waals surface area (Å²) in [4.78, 5) is 28.8. The van der Waals surface area contributed by atoms with E-state index in [1.165, 1.54) is 31.3 Å². The second kappa shape index (κ2) is 8.44. The zero-order valence-corrected chi connectivity index (χ0v) is 16.2. The van der Waals surface area contributed by atoms with Crippen LogP contribution in [-0.4, -0.2) is 57.7 Å². The molecule has 0 aliphatic carbocycles. The van der Waals surface area contributed by atoms with Crippen molar-refractivity contribution < 1.29 is 33.8 Å². The maximum atomic E-state index is 13.3. The number of amides is 1. The first-order valence-electron chi connectivity index (χ1n) is 9.12. The highest BCUT2D eigenvalue weighted by Gasteiger charge is 2.48. The second-order valence-corrected chi connectivity index (χ2v) is 6.91. The fourth-order valence-corrected chi connectivity index (χ4v) is 3.30. The first-order chi connectivity index (χ1) is 14.3. The molecule has 1 aliphatic rings. The van der Waals surface area contributed by atoms with Crippen molar-refractivity contribution >= 4 is 23.4 Å². The average Bonchev–Trinajstić information content (AvgIpc) is 2.73. The minimum atomic E-state index is -1.54. The van der Waals surface area contributed by atoms with Crippen molar-refractivity contribution in [3.63, 3.8) is 0 Å². The van der Waals surface area contributed by atoms with Crippen LogP contribution in [-0.2, 0) is 16.1 Å². The second-order valence-electron chi connectivity index (χ2n) is 6.91. The van der Waals surface area contributed by atoms with E-state index in [1.54, 1.807) is 24.3 Å². The smallest absolute Gasteiger partial charge is 0.389 e. The standard InChI is InChI=1S/C21H20FN3O5/c1-25(12-13-6-8-14(22)9-7-13)19(24-17(21(29)30)18(27)20(25)28)15-4-2-3-5-16(15)23-10-11-26/h2-9,26H,10-12H2,1H3,(H2-,23,24,27,28,29,30)/p+1. The van der Waals surface area contributed by atoms with E-state index in [4.69, 9.17) is 5.11 Å². The number of rotatable bonds is 7. The molecule has 3 rings (SSSR count). The molecule has 2 aromatic rings. The molecule has 1 atom stereocenters. The maximum absolute atomic E-state index is 13.3. The van der Waals surface area contributed by atoms with Gasteiger partial charge in [0.2, 0.25) is 11.5 Å². The largest absolute Gasteiger partial charge is 0.498 e. The molecule has 156 valence electrons. The molecule has 1 unspecified atom stereocenters. The van der Waals surface area contributed by atoms with Crippen molar-refractivity contribution in [1.82, 2.24) is 0 Å². The van der Waals surface area contributed by atoms with Gasteiger partial charge in [-0.2, -0.15) is 4.99 Å². The summed E-state index contributed by atoms with van der Waals surface area (Å²) < 4.78 is 12.8. The highest BCUT2D eigenvalue weighted by Crippen LogP contribution is 2.30. The maximum Gasteiger partial charge on any atom is 0.389 e. The summed E-state index contributed by atoms with van der Waals surface area (Å²) in [5.41, 5.74) is 0.817. The van der Waals surface area contributed by atoms with Gasteiger partial charge in [0.25, 0.3) is 5.76 Å². The van der Waals surface area contributed by atoms with Crippen LogP contribution in [0.2, 0.25) is 0 Å². The van der Waals surface area contributed by atoms with Gasteiger partial charge in [0.05, 0.1) is 19.2 Å². The highest BCUT2D eigenvalue weighted by atomic mass is 19.1. The van der Waals surface area contributed by atoms with E-state index < -0.39 is 33.6 Å². The number of anilines is 1. The predicted octanol–water partition coefficient (Wildman–Crippen LogP) is 2.02. The number of hydrogen-bond donors (Lipinski definition) is 4. The fourth-order valence-electron chi connectivity index (χ4n) is 3.30. The van der Waals surface area contributed by atoms with E-state index in [0.717, 1.165) is 0 Å². The Morgan fingerprint density at radius 3 is 2.47 bits per heavy atom. The van der Waals surface area contributed by atoms with Crippen LogP contribution >= 0.6 is 0 Å². The number of quaternary nitrogens is 1. The molecule has 0 aromatic heterocycles. The van der Waals surface area contributed by atoms with E-state index >= 15 is 0 Å². The average molecular weight is 414 g/mol. The van der Waals surface area contributed by atoms with Gasteiger partial charge in [-0.3, -0.25) is 0 Å². The molecule has 8 nitrogen and oxygen atoms in total. The van der Waals surface area contributed by atoms with Crippen LogP contribution in [0.5, 0.6) is 0 Å². The normalized spacial score (nSPS) is 18.9. The van der Waals surface area contributed by atoms with Crippen molar-refractivity contribution in [2.45, 2.75) is 6.54 Å². The first kappa shape index (κ1) is 21.2. The summed E-state index contributed by atoms with van der Waals surface area (Å²) in [5.74, 6) is -3.67. The van der Waals surface area contributed by atoms with E-state index in [2.05, 4.69) is 10.3 Å². The number of hydrogen-bond acceptors (Lipinski definition) is 6. The third-order valence-electron chi connectivity index (χ3n) is 4.77. The molecule has 2 aromatic carbocycles. The highest BCUT2D eigenvalue weighted by molar-refractivity contribution is 6.12. The summed E-state index contributed by atoms with van der Waals surface area (Å²) in [6.45, 7) is 0.0958. The van der Waals surface area contributed by atoms with Crippen molar-refractivity contribution in [3.05, 3.63) is 76.9 Å². The lowest BCUT2D eigenvalue weighted by atomic mass is 10.0. The summed E-state index contributed by atoms with van der Waals surface area (Å²) in [5, 5.41) is 31.8. The molecule has 0 fully saturated rings. The summed E-state index contributed by atoms with van der Waals surface area (Å²) in [7, 11) is 1.50. The molecule has 1 aliphatic heterocycles. The molecule has 0 saturated heterocycles. The van der Waals surface area contributed by atoms with Gasteiger partial charge in [0.1, 0.15) is 12.4 Å². The van der Waals surface area contributed by atoms with E-state index in [-0.39, 0.29) is 25.5 Å². The lowest BCUT2D eigenvalue weighted by Gasteiger charge is -2.34. The number of carboxylic acids is 1. The van der Waals surface area contributed by atoms with Gasteiger partial charge in [-0.25, -0.2) is 18.5 Å². The van der Waals surface area contributed by atoms with Gasteiger partial charge < -0.3 is 20.6 Å². The molecule has 1 heterocycles. The Morgan fingerprint density at radius 1 is 1.17 bits per heavy atom. The third-order valence-corrected chi connectivity index (χ3v) is 4.77. The zero-order chi connectivity index (χ0) is 21.9. The molecular formula is C21H21FN3O5+. The number of nitrogens with one attached hydrogen (secondary N) is 1. The zero-order valence-electron chi connectivity index (χ0n) is 16.2. The topological polar surface area (TPSA) is 119 Å². The number of carbonyl (C=O) groups excluding carboxylic acids is 1. The predicted molar refractivity (Wildman–Crippen MR) is 107 cm³/mol. The molecule has 0 saturated carbocycles. The Morgan fingerprint density at radius 2 is 1.83 bits per heavy atom. The van der Waals surface area contributed by atoms with E-state index in [0.29, 0.717) is 16.8 Å². The monoisotopic (exact) mass is 414 g/mol. The number of carbonyl (C=O) groups is 2. The van der Waals surface area contributed by atoms with Gasteiger partial charge in [-0.15, -0.1) is 0 Å². The Labute approximate surface area is 171 Å². The molecule has 4 N–H and O–H groups in total. The van der Waals surface area contributed by atoms with Gasteiger partial charge in [-0.05, 0) is 24.3 Å². The van der Waals surface area contributed by atoms with Gasteiger partial charge in [-0.1, -0.05) is 24.3 Å². The van der Waals surface area contributed by atoms with Crippen molar-refractivity contribution in [2.24, 2.45) is 4.99 Å². The number of nitrogens with zero attached hydrogens (tertiary/aromatic N) is 2. The quantitative estimate of drug-likeness (QED) is 0.515. The van der Waals surface area contributed by atoms with Crippen LogP contribution in [0, 0.1) is 5.82 Å². The number of aliphatic carboxylic acids is 1. The summed E-state index contributed by atoms with van der Waals surface area (Å²) in [6.07, 6.45) is 0. The number of aliphatic hydroxyl groups excluding tert-OH is 2. The van der Waals surface area contributed by atoms with Crippen molar-refractivity contribution in [1.29, 1.82) is 0 Å². The number of para-hydroxylation sites is 1. The number of halogens is 1. The summed E-state index contributed by atoms with van der Waals surface area (Å²) in [6, 6.07) is 12.3. The SMILES string of the molecule is C[N+]1(Cc2ccc(F)cc2)C(=O)C(O)=C(C(=O)O)N=C1c1ccccc1NCCO. The molecule has 9 heteroatoms. The molecular weight excluding hydrogens is 393 g/mol. The molecule has 30 heavy (non-hydrogen) atoms. The Bertz CT molecular complexity index is 1050. The van der Waals surface area contributed by atoms with E-state index in [1.807, 2.05) is 0 Å². The van der Waals surface area contributed by atoms with E-state index in [9.17, 15) is 24.2 Å². The molecule has 1 amide bonds. The van der Waals surface area contributed by atoms with Crippen molar-refractivity contribution in [3.8, 4) is 0 Å². The van der Waals surface area contributed by atoms with Gasteiger partial charge in [0.15, 0.2) is 0 Å². The first-order valence-corrected chi connectivity index (χ1v) is 9.12. The fraction of sp³-hybridized carbons (Fsp3) is 0.190. The van der Waals surface area contributed by atoms with Crippen molar-refractivity contribution in [2.75, 3.05) is 25.5 Å². The number of benzene rings is 2.